The van der Waals surface area contributed by atoms with Crippen LogP contribution in [0.15, 0.2) is 12.3 Å². The van der Waals surface area contributed by atoms with Crippen LogP contribution in [0.2, 0.25) is 0 Å². The summed E-state index contributed by atoms with van der Waals surface area (Å²) in [6, 6.07) is 1.93. The number of aromatic nitrogens is 2. The molecule has 19 heavy (non-hydrogen) atoms. The first-order valence-corrected chi connectivity index (χ1v) is 6.84. The fraction of sp³-hybridized carbons (Fsp3) is 0.615. The van der Waals surface area contributed by atoms with Crippen molar-refractivity contribution < 1.29 is 0 Å². The third-order valence-corrected chi connectivity index (χ3v) is 2.77. The van der Waals surface area contributed by atoms with Gasteiger partial charge in [0.25, 0.3) is 0 Å². The third-order valence-electron chi connectivity index (χ3n) is 2.57. The van der Waals surface area contributed by atoms with E-state index in [4.69, 9.17) is 18.0 Å². The Balaban J connectivity index is 2.89. The molecule has 0 atom stereocenters. The highest BCUT2D eigenvalue weighted by Crippen LogP contribution is 2.15. The molecule has 0 spiro atoms. The quantitative estimate of drug-likeness (QED) is 0.767. The lowest BCUT2D eigenvalue weighted by Crippen LogP contribution is -2.32. The first-order valence-electron chi connectivity index (χ1n) is 6.43. The van der Waals surface area contributed by atoms with E-state index in [0.29, 0.717) is 23.3 Å². The lowest BCUT2D eigenvalue weighted by Gasteiger charge is -2.26. The largest absolute Gasteiger partial charge is 0.393 e. The van der Waals surface area contributed by atoms with Crippen molar-refractivity contribution in [2.24, 2.45) is 11.7 Å². The molecule has 0 unspecified atom stereocenters. The Morgan fingerprint density at radius 3 is 2.63 bits per heavy atom. The monoisotopic (exact) mass is 281 g/mol. The molecule has 0 aliphatic carbocycles. The number of rotatable bonds is 7. The van der Waals surface area contributed by atoms with E-state index >= 15 is 0 Å². The van der Waals surface area contributed by atoms with Crippen molar-refractivity contribution in [3.63, 3.8) is 0 Å². The first-order chi connectivity index (χ1) is 8.90. The van der Waals surface area contributed by atoms with Crippen molar-refractivity contribution in [2.45, 2.75) is 20.3 Å². The van der Waals surface area contributed by atoms with E-state index in [9.17, 15) is 0 Å². The van der Waals surface area contributed by atoms with Crippen molar-refractivity contribution in [1.82, 2.24) is 9.97 Å². The van der Waals surface area contributed by atoms with Crippen LogP contribution in [0.4, 0.5) is 11.8 Å². The van der Waals surface area contributed by atoms with Crippen LogP contribution in [0.3, 0.4) is 0 Å². The highest BCUT2D eigenvalue weighted by atomic mass is 32.1. The number of thiocarbonyl (C=S) groups is 1. The highest BCUT2D eigenvalue weighted by Gasteiger charge is 2.12. The summed E-state index contributed by atoms with van der Waals surface area (Å²) in [5.41, 5.74) is 5.59. The molecule has 0 bridgehead atoms. The van der Waals surface area contributed by atoms with Crippen LogP contribution >= 0.6 is 12.2 Å². The Morgan fingerprint density at radius 1 is 1.42 bits per heavy atom. The average Bonchev–Trinajstić information content (AvgIpc) is 2.34. The van der Waals surface area contributed by atoms with E-state index in [-0.39, 0.29) is 0 Å². The van der Waals surface area contributed by atoms with Crippen LogP contribution in [0.1, 0.15) is 20.3 Å². The van der Waals surface area contributed by atoms with E-state index in [1.165, 1.54) is 0 Å². The van der Waals surface area contributed by atoms with Gasteiger partial charge in [0.15, 0.2) is 0 Å². The predicted molar refractivity (Wildman–Crippen MR) is 84.8 cm³/mol. The second kappa shape index (κ2) is 7.23. The Morgan fingerprint density at radius 2 is 2.11 bits per heavy atom. The highest BCUT2D eigenvalue weighted by molar-refractivity contribution is 7.80. The fourth-order valence-corrected chi connectivity index (χ4v) is 1.81. The van der Waals surface area contributed by atoms with Gasteiger partial charge in [0.1, 0.15) is 5.82 Å². The summed E-state index contributed by atoms with van der Waals surface area (Å²) in [5.74, 6) is 2.18. The summed E-state index contributed by atoms with van der Waals surface area (Å²) in [4.78, 5) is 13.4. The third kappa shape index (κ3) is 5.38. The molecule has 0 aliphatic heterocycles. The molecule has 6 heteroatoms. The molecule has 0 aliphatic rings. The van der Waals surface area contributed by atoms with Crippen LogP contribution in [0.5, 0.6) is 0 Å². The van der Waals surface area contributed by atoms with Gasteiger partial charge in [-0.25, -0.2) is 4.98 Å². The zero-order valence-corrected chi connectivity index (χ0v) is 12.9. The Hall–Kier alpha value is -1.43. The minimum absolute atomic E-state index is 0.538. The molecule has 0 fully saturated rings. The van der Waals surface area contributed by atoms with E-state index in [2.05, 4.69) is 28.7 Å². The van der Waals surface area contributed by atoms with Crippen molar-refractivity contribution in [3.05, 3.63) is 12.3 Å². The van der Waals surface area contributed by atoms with E-state index < -0.39 is 0 Å². The smallest absolute Gasteiger partial charge is 0.226 e. The van der Waals surface area contributed by atoms with E-state index in [1.54, 1.807) is 6.20 Å². The second-order valence-corrected chi connectivity index (χ2v) is 5.69. The predicted octanol–water partition coefficient (Wildman–Crippen LogP) is 1.68. The van der Waals surface area contributed by atoms with Gasteiger partial charge in [-0.05, 0) is 12.0 Å². The molecule has 5 nitrogen and oxygen atoms in total. The van der Waals surface area contributed by atoms with E-state index in [0.717, 1.165) is 18.9 Å². The van der Waals surface area contributed by atoms with Crippen LogP contribution < -0.4 is 15.5 Å². The summed E-state index contributed by atoms with van der Waals surface area (Å²) in [6.45, 7) is 6.08. The van der Waals surface area contributed by atoms with Gasteiger partial charge < -0.3 is 15.5 Å². The molecule has 0 radical (unpaired) electrons. The molecule has 0 saturated heterocycles. The number of anilines is 2. The molecule has 0 amide bonds. The van der Waals surface area contributed by atoms with Crippen LogP contribution in [0.25, 0.3) is 0 Å². The Kier molecular flexibility index (Phi) is 5.95. The molecular weight excluding hydrogens is 258 g/mol. The molecular formula is C13H23N5S. The maximum absolute atomic E-state index is 5.59. The zero-order chi connectivity index (χ0) is 14.4. The number of hydrogen-bond acceptors (Lipinski definition) is 5. The van der Waals surface area contributed by atoms with Crippen molar-refractivity contribution in [3.8, 4) is 0 Å². The average molecular weight is 281 g/mol. The zero-order valence-electron chi connectivity index (χ0n) is 12.1. The summed E-state index contributed by atoms with van der Waals surface area (Å²) in [5, 5.41) is 0. The molecule has 0 saturated carbocycles. The standard InChI is InChI=1S/C13H23N5S/c1-10(2)9-18(8-6-11(14)19)12-5-7-15-13(16-12)17(3)4/h5,7,10H,6,8-9H2,1-4H3,(H2,14,19). The molecule has 0 aromatic carbocycles. The van der Waals surface area contributed by atoms with Crippen molar-refractivity contribution >= 4 is 29.0 Å². The van der Waals surface area contributed by atoms with Gasteiger partial charge in [-0.15, -0.1) is 0 Å². The van der Waals surface area contributed by atoms with Gasteiger partial charge in [0.05, 0.1) is 4.99 Å². The summed E-state index contributed by atoms with van der Waals surface area (Å²) >= 11 is 4.95. The summed E-state index contributed by atoms with van der Waals surface area (Å²) in [6.07, 6.45) is 2.48. The summed E-state index contributed by atoms with van der Waals surface area (Å²) in [7, 11) is 3.86. The van der Waals surface area contributed by atoms with Gasteiger partial charge in [-0.2, -0.15) is 4.98 Å². The maximum atomic E-state index is 5.59. The van der Waals surface area contributed by atoms with Crippen LogP contribution in [0, 0.1) is 5.92 Å². The SMILES string of the molecule is CC(C)CN(CCC(N)=S)c1ccnc(N(C)C)n1. The molecule has 1 aromatic heterocycles. The van der Waals surface area contributed by atoms with Gasteiger partial charge in [0.2, 0.25) is 5.95 Å². The number of hydrogen-bond donors (Lipinski definition) is 1. The fourth-order valence-electron chi connectivity index (χ4n) is 1.72. The number of nitrogens with two attached hydrogens (primary N) is 1. The van der Waals surface area contributed by atoms with Crippen molar-refractivity contribution in [1.29, 1.82) is 0 Å². The van der Waals surface area contributed by atoms with Gasteiger partial charge in [-0.3, -0.25) is 0 Å². The Labute approximate surface area is 120 Å². The topological polar surface area (TPSA) is 58.3 Å². The van der Waals surface area contributed by atoms with E-state index in [1.807, 2.05) is 25.1 Å². The second-order valence-electron chi connectivity index (χ2n) is 5.17. The summed E-state index contributed by atoms with van der Waals surface area (Å²) < 4.78 is 0. The van der Waals surface area contributed by atoms with Crippen molar-refractivity contribution in [2.75, 3.05) is 37.0 Å². The molecule has 1 rings (SSSR count). The lowest BCUT2D eigenvalue weighted by molar-refractivity contribution is 0.609. The number of nitrogens with zero attached hydrogens (tertiary/aromatic N) is 4. The Bertz CT molecular complexity index is 419. The molecule has 1 aromatic rings. The van der Waals surface area contributed by atoms with Crippen LogP contribution in [-0.2, 0) is 0 Å². The molecule has 2 N–H and O–H groups in total. The van der Waals surface area contributed by atoms with Gasteiger partial charge in [-0.1, -0.05) is 26.1 Å². The lowest BCUT2D eigenvalue weighted by atomic mass is 10.2. The van der Waals surface area contributed by atoms with Gasteiger partial charge in [0, 0.05) is 39.8 Å². The molecule has 106 valence electrons. The van der Waals surface area contributed by atoms with Gasteiger partial charge >= 0.3 is 0 Å². The first kappa shape index (κ1) is 15.6. The van der Waals surface area contributed by atoms with Crippen LogP contribution in [-0.4, -0.2) is 42.1 Å². The normalized spacial score (nSPS) is 10.6. The minimum Gasteiger partial charge on any atom is -0.393 e. The molecule has 1 heterocycles. The minimum atomic E-state index is 0.538. The maximum Gasteiger partial charge on any atom is 0.226 e.